The Labute approximate surface area is 146 Å². The van der Waals surface area contributed by atoms with Gasteiger partial charge in [0.25, 0.3) is 0 Å². The summed E-state index contributed by atoms with van der Waals surface area (Å²) in [4.78, 5) is 23.8. The molecule has 0 saturated carbocycles. The highest BCUT2D eigenvalue weighted by Gasteiger charge is 2.11. The van der Waals surface area contributed by atoms with Gasteiger partial charge in [-0.3, -0.25) is 4.79 Å². The van der Waals surface area contributed by atoms with Gasteiger partial charge in [-0.2, -0.15) is 0 Å². The van der Waals surface area contributed by atoms with E-state index in [4.69, 9.17) is 4.74 Å². The Morgan fingerprint density at radius 3 is 2.52 bits per heavy atom. The Morgan fingerprint density at radius 2 is 1.80 bits per heavy atom. The number of hydrogen-bond donors (Lipinski definition) is 2. The second kappa shape index (κ2) is 9.42. The van der Waals surface area contributed by atoms with E-state index in [1.165, 1.54) is 12.1 Å². The molecular formula is C19H21FN2O3. The number of rotatable bonds is 8. The van der Waals surface area contributed by atoms with Gasteiger partial charge in [-0.1, -0.05) is 24.3 Å². The van der Waals surface area contributed by atoms with E-state index in [1.807, 2.05) is 0 Å². The molecule has 6 heteroatoms. The van der Waals surface area contributed by atoms with Crippen LogP contribution in [-0.4, -0.2) is 25.0 Å². The number of nitrogens with one attached hydrogen (secondary N) is 2. The van der Waals surface area contributed by atoms with Gasteiger partial charge in [0.2, 0.25) is 5.91 Å². The maximum atomic E-state index is 12.8. The lowest BCUT2D eigenvalue weighted by atomic mass is 10.1. The van der Waals surface area contributed by atoms with E-state index < -0.39 is 5.97 Å². The van der Waals surface area contributed by atoms with Crippen molar-refractivity contribution in [2.45, 2.75) is 19.9 Å². The van der Waals surface area contributed by atoms with Crippen molar-refractivity contribution in [3.63, 3.8) is 0 Å². The summed E-state index contributed by atoms with van der Waals surface area (Å²) < 4.78 is 17.8. The fraction of sp³-hybridized carbons (Fsp3) is 0.263. The number of halogens is 1. The first kappa shape index (κ1) is 18.4. The minimum absolute atomic E-state index is 0.134. The number of ether oxygens (including phenoxy) is 1. The van der Waals surface area contributed by atoms with Gasteiger partial charge in [-0.25, -0.2) is 9.18 Å². The van der Waals surface area contributed by atoms with Crippen molar-refractivity contribution in [3.8, 4) is 0 Å². The molecule has 132 valence electrons. The molecule has 0 heterocycles. The summed E-state index contributed by atoms with van der Waals surface area (Å²) in [6, 6.07) is 13.0. The molecule has 0 fully saturated rings. The molecule has 2 aromatic rings. The summed E-state index contributed by atoms with van der Waals surface area (Å²) in [7, 11) is 0. The highest BCUT2D eigenvalue weighted by Crippen LogP contribution is 2.16. The van der Waals surface area contributed by atoms with E-state index in [9.17, 15) is 14.0 Å². The molecule has 25 heavy (non-hydrogen) atoms. The van der Waals surface area contributed by atoms with Crippen LogP contribution in [0.1, 0.15) is 29.3 Å². The Hall–Kier alpha value is -2.89. The molecule has 2 aromatic carbocycles. The standard InChI is InChI=1S/C19H21FN2O3/c1-2-25-19(24)16-5-3-4-6-17(16)21-12-11-18(23)22-13-14-7-9-15(20)10-8-14/h3-10,21H,2,11-13H2,1H3,(H,22,23). The van der Waals surface area contributed by atoms with Gasteiger partial charge in [0.15, 0.2) is 0 Å². The van der Waals surface area contributed by atoms with Gasteiger partial charge in [-0.05, 0) is 36.8 Å². The van der Waals surface area contributed by atoms with Crippen LogP contribution in [0.4, 0.5) is 10.1 Å². The van der Waals surface area contributed by atoms with Gasteiger partial charge in [0.1, 0.15) is 5.82 Å². The van der Waals surface area contributed by atoms with Crippen molar-refractivity contribution in [2.75, 3.05) is 18.5 Å². The van der Waals surface area contributed by atoms with Crippen LogP contribution in [0.3, 0.4) is 0 Å². The number of anilines is 1. The Kier molecular flexibility index (Phi) is 6.95. The number of para-hydroxylation sites is 1. The summed E-state index contributed by atoms with van der Waals surface area (Å²) in [6.45, 7) is 2.78. The van der Waals surface area contributed by atoms with Crippen molar-refractivity contribution in [1.82, 2.24) is 5.32 Å². The first-order valence-electron chi connectivity index (χ1n) is 8.11. The van der Waals surface area contributed by atoms with E-state index in [0.29, 0.717) is 30.9 Å². The van der Waals surface area contributed by atoms with Gasteiger partial charge in [0.05, 0.1) is 12.2 Å². The average molecular weight is 344 g/mol. The van der Waals surface area contributed by atoms with Crippen molar-refractivity contribution in [1.29, 1.82) is 0 Å². The molecule has 0 aliphatic carbocycles. The summed E-state index contributed by atoms with van der Waals surface area (Å²) in [5, 5.41) is 5.85. The molecule has 2 rings (SSSR count). The number of carbonyl (C=O) groups excluding carboxylic acids is 2. The van der Waals surface area contributed by atoms with Gasteiger partial charge < -0.3 is 15.4 Å². The molecule has 5 nitrogen and oxygen atoms in total. The van der Waals surface area contributed by atoms with E-state index >= 15 is 0 Å². The minimum Gasteiger partial charge on any atom is -0.462 e. The molecule has 0 aliphatic heterocycles. The smallest absolute Gasteiger partial charge is 0.340 e. The minimum atomic E-state index is -0.397. The summed E-state index contributed by atoms with van der Waals surface area (Å²) in [5.74, 6) is -0.837. The van der Waals surface area contributed by atoms with E-state index in [0.717, 1.165) is 5.56 Å². The monoisotopic (exact) mass is 344 g/mol. The van der Waals surface area contributed by atoms with E-state index in [1.54, 1.807) is 43.3 Å². The first-order chi connectivity index (χ1) is 12.1. The maximum Gasteiger partial charge on any atom is 0.340 e. The van der Waals surface area contributed by atoms with E-state index in [2.05, 4.69) is 10.6 Å². The molecule has 0 radical (unpaired) electrons. The second-order valence-corrected chi connectivity index (χ2v) is 5.35. The second-order valence-electron chi connectivity index (χ2n) is 5.35. The molecule has 0 spiro atoms. The average Bonchev–Trinajstić information content (AvgIpc) is 2.62. The molecule has 0 atom stereocenters. The number of amides is 1. The van der Waals surface area contributed by atoms with Crippen LogP contribution in [0.15, 0.2) is 48.5 Å². The van der Waals surface area contributed by atoms with Crippen LogP contribution in [0.25, 0.3) is 0 Å². The predicted octanol–water partition coefficient (Wildman–Crippen LogP) is 3.12. The molecule has 1 amide bonds. The number of hydrogen-bond acceptors (Lipinski definition) is 4. The SMILES string of the molecule is CCOC(=O)c1ccccc1NCCC(=O)NCc1ccc(F)cc1. The van der Waals surface area contributed by atoms with Gasteiger partial charge in [-0.15, -0.1) is 0 Å². The third-order valence-corrected chi connectivity index (χ3v) is 3.49. The Morgan fingerprint density at radius 1 is 1.08 bits per heavy atom. The molecule has 2 N–H and O–H groups in total. The summed E-state index contributed by atoms with van der Waals surface area (Å²) >= 11 is 0. The van der Waals surface area contributed by atoms with Crippen LogP contribution in [0.2, 0.25) is 0 Å². The molecule has 0 saturated heterocycles. The highest BCUT2D eigenvalue weighted by atomic mass is 19.1. The van der Waals surface area contributed by atoms with Crippen LogP contribution < -0.4 is 10.6 Å². The molecule has 0 aromatic heterocycles. The normalized spacial score (nSPS) is 10.2. The zero-order valence-corrected chi connectivity index (χ0v) is 14.0. The highest BCUT2D eigenvalue weighted by molar-refractivity contribution is 5.95. The summed E-state index contributed by atoms with van der Waals surface area (Å²) in [6.07, 6.45) is 0.248. The third kappa shape index (κ3) is 5.91. The van der Waals surface area contributed by atoms with Crippen molar-refractivity contribution < 1.29 is 18.7 Å². The Bertz CT molecular complexity index is 717. The fourth-order valence-electron chi connectivity index (χ4n) is 2.23. The third-order valence-electron chi connectivity index (χ3n) is 3.49. The largest absolute Gasteiger partial charge is 0.462 e. The van der Waals surface area contributed by atoms with Crippen LogP contribution in [-0.2, 0) is 16.1 Å². The number of esters is 1. The van der Waals surface area contributed by atoms with Crippen LogP contribution in [0, 0.1) is 5.82 Å². The quantitative estimate of drug-likeness (QED) is 0.722. The zero-order chi connectivity index (χ0) is 18.1. The van der Waals surface area contributed by atoms with Gasteiger partial charge >= 0.3 is 5.97 Å². The van der Waals surface area contributed by atoms with Crippen molar-refractivity contribution in [3.05, 3.63) is 65.5 Å². The number of benzene rings is 2. The lowest BCUT2D eigenvalue weighted by Gasteiger charge is -2.11. The topological polar surface area (TPSA) is 67.4 Å². The Balaban J connectivity index is 1.79. The van der Waals surface area contributed by atoms with E-state index in [-0.39, 0.29) is 18.1 Å². The van der Waals surface area contributed by atoms with Crippen LogP contribution >= 0.6 is 0 Å². The molecule has 0 aliphatic rings. The maximum absolute atomic E-state index is 12.8. The molecule has 0 bridgehead atoms. The lowest BCUT2D eigenvalue weighted by molar-refractivity contribution is -0.121. The predicted molar refractivity (Wildman–Crippen MR) is 93.8 cm³/mol. The lowest BCUT2D eigenvalue weighted by Crippen LogP contribution is -2.25. The number of carbonyl (C=O) groups is 2. The van der Waals surface area contributed by atoms with Crippen LogP contribution in [0.5, 0.6) is 0 Å². The molecular weight excluding hydrogens is 323 g/mol. The van der Waals surface area contributed by atoms with Crippen molar-refractivity contribution >= 4 is 17.6 Å². The fourth-order valence-corrected chi connectivity index (χ4v) is 2.23. The van der Waals surface area contributed by atoms with Crippen molar-refractivity contribution in [2.24, 2.45) is 0 Å². The zero-order valence-electron chi connectivity index (χ0n) is 14.0. The van der Waals surface area contributed by atoms with Gasteiger partial charge in [0, 0.05) is 25.2 Å². The summed E-state index contributed by atoms with van der Waals surface area (Å²) in [5.41, 5.74) is 1.90. The molecule has 0 unspecified atom stereocenters. The first-order valence-corrected chi connectivity index (χ1v) is 8.11.